The lowest BCUT2D eigenvalue weighted by Gasteiger charge is -2.25. The van der Waals surface area contributed by atoms with E-state index in [0.29, 0.717) is 0 Å². The molecular formula is C14H21NO4. The number of carbonyl (C=O) groups is 2. The van der Waals surface area contributed by atoms with E-state index in [1.54, 1.807) is 0 Å². The number of esters is 2. The molecule has 19 heavy (non-hydrogen) atoms. The van der Waals surface area contributed by atoms with Crippen LogP contribution in [-0.2, 0) is 19.1 Å². The number of hydrogen-bond donors (Lipinski definition) is 0. The largest absolute Gasteiger partial charge is 0.465 e. The summed E-state index contributed by atoms with van der Waals surface area (Å²) in [6.07, 6.45) is 7.08. The van der Waals surface area contributed by atoms with Gasteiger partial charge >= 0.3 is 11.9 Å². The van der Waals surface area contributed by atoms with Crippen LogP contribution in [-0.4, -0.2) is 44.1 Å². The summed E-state index contributed by atoms with van der Waals surface area (Å²) in [5.74, 6) is -1.36. The van der Waals surface area contributed by atoms with E-state index in [9.17, 15) is 9.59 Å². The van der Waals surface area contributed by atoms with Crippen LogP contribution >= 0.6 is 0 Å². The van der Waals surface area contributed by atoms with Crippen molar-refractivity contribution in [2.24, 2.45) is 0 Å². The number of ether oxygens (including phenoxy) is 2. The van der Waals surface area contributed by atoms with E-state index in [1.165, 1.54) is 39.6 Å². The highest BCUT2D eigenvalue weighted by Gasteiger charge is 2.19. The Kier molecular flexibility index (Phi) is 6.12. The first-order valence-corrected chi connectivity index (χ1v) is 6.39. The predicted molar refractivity (Wildman–Crippen MR) is 71.3 cm³/mol. The fourth-order valence-corrected chi connectivity index (χ4v) is 2.02. The molecule has 0 amide bonds. The molecule has 0 aromatic heterocycles. The first-order chi connectivity index (χ1) is 9.08. The molecule has 1 heterocycles. The third-order valence-corrected chi connectivity index (χ3v) is 2.96. The zero-order chi connectivity index (χ0) is 14.3. The summed E-state index contributed by atoms with van der Waals surface area (Å²) in [7, 11) is 2.48. The molecule has 0 atom stereocenters. The molecule has 0 N–H and O–H groups in total. The summed E-state index contributed by atoms with van der Waals surface area (Å²) in [4.78, 5) is 25.2. The second kappa shape index (κ2) is 7.61. The molecule has 0 unspecified atom stereocenters. The van der Waals surface area contributed by atoms with E-state index < -0.39 is 11.9 Å². The van der Waals surface area contributed by atoms with E-state index >= 15 is 0 Å². The molecule has 0 spiro atoms. The Morgan fingerprint density at radius 2 is 1.53 bits per heavy atom. The summed E-state index contributed by atoms with van der Waals surface area (Å²) >= 11 is 0. The van der Waals surface area contributed by atoms with Gasteiger partial charge in [0.1, 0.15) is 5.57 Å². The molecule has 1 rings (SSSR count). The molecule has 0 radical (unpaired) electrons. The van der Waals surface area contributed by atoms with Gasteiger partial charge in [-0.3, -0.25) is 0 Å². The number of methoxy groups -OCH3 is 2. The molecule has 1 aliphatic heterocycles. The van der Waals surface area contributed by atoms with Crippen LogP contribution < -0.4 is 0 Å². The van der Waals surface area contributed by atoms with Crippen molar-refractivity contribution in [3.8, 4) is 0 Å². The van der Waals surface area contributed by atoms with Crippen molar-refractivity contribution in [2.45, 2.75) is 26.2 Å². The Morgan fingerprint density at radius 3 is 2.00 bits per heavy atom. The minimum absolute atomic E-state index is 0.0873. The maximum Gasteiger partial charge on any atom is 0.345 e. The first kappa shape index (κ1) is 15.3. The summed E-state index contributed by atoms with van der Waals surface area (Å²) in [5, 5.41) is 0. The Bertz CT molecular complexity index is 374. The average molecular weight is 267 g/mol. The van der Waals surface area contributed by atoms with E-state index in [4.69, 9.17) is 0 Å². The number of allylic oxidation sites excluding steroid dienone is 2. The highest BCUT2D eigenvalue weighted by molar-refractivity contribution is 6.14. The van der Waals surface area contributed by atoms with Crippen molar-refractivity contribution in [1.82, 2.24) is 4.90 Å². The van der Waals surface area contributed by atoms with Crippen LogP contribution in [0.15, 0.2) is 23.4 Å². The Labute approximate surface area is 113 Å². The number of nitrogens with zero attached hydrogens (tertiary/aromatic N) is 1. The monoisotopic (exact) mass is 267 g/mol. The summed E-state index contributed by atoms with van der Waals surface area (Å²) < 4.78 is 9.15. The van der Waals surface area contributed by atoms with Gasteiger partial charge in [-0.05, 0) is 37.8 Å². The fraction of sp³-hybridized carbons (Fsp3) is 0.571. The van der Waals surface area contributed by atoms with Gasteiger partial charge in [0.15, 0.2) is 0 Å². The van der Waals surface area contributed by atoms with Crippen molar-refractivity contribution in [3.63, 3.8) is 0 Å². The lowest BCUT2D eigenvalue weighted by atomic mass is 10.1. The third-order valence-electron chi connectivity index (χ3n) is 2.96. The van der Waals surface area contributed by atoms with E-state index in [2.05, 4.69) is 14.4 Å². The smallest absolute Gasteiger partial charge is 0.345 e. The Hall–Kier alpha value is -1.78. The van der Waals surface area contributed by atoms with Gasteiger partial charge in [-0.1, -0.05) is 0 Å². The highest BCUT2D eigenvalue weighted by atomic mass is 16.5. The van der Waals surface area contributed by atoms with Gasteiger partial charge in [0.05, 0.1) is 14.2 Å². The molecular weight excluding hydrogens is 246 g/mol. The minimum Gasteiger partial charge on any atom is -0.465 e. The lowest BCUT2D eigenvalue weighted by Crippen LogP contribution is -2.24. The first-order valence-electron chi connectivity index (χ1n) is 6.39. The normalized spacial score (nSPS) is 15.7. The maximum atomic E-state index is 11.5. The van der Waals surface area contributed by atoms with Crippen LogP contribution in [0.1, 0.15) is 26.2 Å². The average Bonchev–Trinajstić information content (AvgIpc) is 2.44. The van der Waals surface area contributed by atoms with Gasteiger partial charge in [0.2, 0.25) is 0 Å². The van der Waals surface area contributed by atoms with Gasteiger partial charge < -0.3 is 14.4 Å². The third kappa shape index (κ3) is 4.77. The Balaban J connectivity index is 2.84. The fourth-order valence-electron chi connectivity index (χ4n) is 2.02. The number of piperidine rings is 1. The van der Waals surface area contributed by atoms with Crippen LogP contribution in [0.3, 0.4) is 0 Å². The molecule has 0 aliphatic carbocycles. The molecule has 0 bridgehead atoms. The number of hydrogen-bond acceptors (Lipinski definition) is 5. The summed E-state index contributed by atoms with van der Waals surface area (Å²) in [5.41, 5.74) is 0.739. The molecule has 1 saturated heterocycles. The maximum absolute atomic E-state index is 11.5. The number of rotatable bonds is 4. The van der Waals surface area contributed by atoms with Crippen molar-refractivity contribution >= 4 is 11.9 Å². The van der Waals surface area contributed by atoms with E-state index in [1.807, 2.05) is 13.1 Å². The highest BCUT2D eigenvalue weighted by Crippen LogP contribution is 2.12. The zero-order valence-corrected chi connectivity index (χ0v) is 11.8. The molecule has 0 aromatic rings. The molecule has 1 aliphatic rings. The number of likely N-dealkylation sites (tertiary alicyclic amines) is 1. The summed E-state index contributed by atoms with van der Waals surface area (Å²) in [6, 6.07) is 0. The molecule has 5 nitrogen and oxygen atoms in total. The van der Waals surface area contributed by atoms with Gasteiger partial charge in [0.25, 0.3) is 0 Å². The second-order valence-corrected chi connectivity index (χ2v) is 4.51. The standard InChI is InChI=1S/C14H21NO4/c1-11(10-15-7-5-4-6-8-15)9-12(13(16)18-2)14(17)19-3/h9-10H,4-8H2,1-3H3/b11-10+. The zero-order valence-electron chi connectivity index (χ0n) is 11.8. The SMILES string of the molecule is COC(=O)C(=C/C(C)=C/N1CCCCC1)C(=O)OC. The lowest BCUT2D eigenvalue weighted by molar-refractivity contribution is -0.144. The quantitative estimate of drug-likeness (QED) is 0.255. The predicted octanol–water partition coefficient (Wildman–Crippen LogP) is 1.65. The topological polar surface area (TPSA) is 55.8 Å². The number of carbonyl (C=O) groups excluding carboxylic acids is 2. The minimum atomic E-state index is -0.682. The van der Waals surface area contributed by atoms with E-state index in [0.717, 1.165) is 18.7 Å². The van der Waals surface area contributed by atoms with Crippen LogP contribution in [0.25, 0.3) is 0 Å². The molecule has 1 fully saturated rings. The van der Waals surface area contributed by atoms with Gasteiger partial charge in [-0.25, -0.2) is 9.59 Å². The van der Waals surface area contributed by atoms with Gasteiger partial charge in [-0.15, -0.1) is 0 Å². The molecule has 0 saturated carbocycles. The van der Waals surface area contributed by atoms with Crippen molar-refractivity contribution < 1.29 is 19.1 Å². The molecule has 5 heteroatoms. The Morgan fingerprint density at radius 1 is 1.00 bits per heavy atom. The van der Waals surface area contributed by atoms with Gasteiger partial charge in [-0.2, -0.15) is 0 Å². The molecule has 106 valence electrons. The van der Waals surface area contributed by atoms with Crippen LogP contribution in [0.2, 0.25) is 0 Å². The van der Waals surface area contributed by atoms with Gasteiger partial charge in [0, 0.05) is 19.3 Å². The van der Waals surface area contributed by atoms with Crippen molar-refractivity contribution in [1.29, 1.82) is 0 Å². The van der Waals surface area contributed by atoms with Crippen LogP contribution in [0.4, 0.5) is 0 Å². The molecule has 0 aromatic carbocycles. The van der Waals surface area contributed by atoms with Crippen LogP contribution in [0.5, 0.6) is 0 Å². The second-order valence-electron chi connectivity index (χ2n) is 4.51. The van der Waals surface area contributed by atoms with E-state index in [-0.39, 0.29) is 5.57 Å². The van der Waals surface area contributed by atoms with Crippen molar-refractivity contribution in [3.05, 3.63) is 23.4 Å². The van der Waals surface area contributed by atoms with Crippen LogP contribution in [0, 0.1) is 0 Å². The van der Waals surface area contributed by atoms with Crippen molar-refractivity contribution in [2.75, 3.05) is 27.3 Å². The summed E-state index contributed by atoms with van der Waals surface area (Å²) in [6.45, 7) is 3.87.